The Morgan fingerprint density at radius 1 is 1.38 bits per heavy atom. The summed E-state index contributed by atoms with van der Waals surface area (Å²) in [6.45, 7) is 2.66. The van der Waals surface area contributed by atoms with Crippen LogP contribution < -0.4 is 10.1 Å². The van der Waals surface area contributed by atoms with E-state index in [4.69, 9.17) is 16.3 Å². The van der Waals surface area contributed by atoms with Gasteiger partial charge < -0.3 is 20.1 Å². The predicted octanol–water partition coefficient (Wildman–Crippen LogP) is 2.33. The van der Waals surface area contributed by atoms with Crippen LogP contribution in [-0.4, -0.2) is 47.1 Å². The number of ether oxygens (including phenoxy) is 1. The maximum absolute atomic E-state index is 12.8. The molecule has 1 aliphatic heterocycles. The lowest BCUT2D eigenvalue weighted by Gasteiger charge is -2.24. The van der Waals surface area contributed by atoms with Crippen molar-refractivity contribution < 1.29 is 19.4 Å². The fourth-order valence-electron chi connectivity index (χ4n) is 2.94. The van der Waals surface area contributed by atoms with Crippen molar-refractivity contribution in [2.45, 2.75) is 44.7 Å². The molecule has 0 spiro atoms. The van der Waals surface area contributed by atoms with E-state index in [0.717, 1.165) is 19.3 Å². The van der Waals surface area contributed by atoms with Crippen LogP contribution in [0.4, 0.5) is 0 Å². The van der Waals surface area contributed by atoms with Crippen molar-refractivity contribution in [3.8, 4) is 11.5 Å². The predicted molar refractivity (Wildman–Crippen MR) is 89.5 cm³/mol. The summed E-state index contributed by atoms with van der Waals surface area (Å²) >= 11 is 6.00. The Balaban J connectivity index is 1.80. The van der Waals surface area contributed by atoms with Crippen molar-refractivity contribution in [1.82, 2.24) is 10.2 Å². The van der Waals surface area contributed by atoms with Gasteiger partial charge in [0.05, 0.1) is 11.6 Å². The van der Waals surface area contributed by atoms with Gasteiger partial charge in [-0.25, -0.2) is 0 Å². The van der Waals surface area contributed by atoms with Gasteiger partial charge in [-0.2, -0.15) is 0 Å². The Bertz CT molecular complexity index is 660. The van der Waals surface area contributed by atoms with Crippen molar-refractivity contribution in [2.24, 2.45) is 0 Å². The van der Waals surface area contributed by atoms with Crippen LogP contribution >= 0.6 is 11.6 Å². The van der Waals surface area contributed by atoms with Crippen molar-refractivity contribution in [2.75, 3.05) is 13.2 Å². The number of amides is 2. The molecule has 6 nitrogen and oxygen atoms in total. The van der Waals surface area contributed by atoms with E-state index >= 15 is 0 Å². The van der Waals surface area contributed by atoms with E-state index in [-0.39, 0.29) is 34.4 Å². The summed E-state index contributed by atoms with van der Waals surface area (Å²) < 4.78 is 5.32. The molecular weight excluding hydrogens is 332 g/mol. The molecule has 2 aliphatic rings. The average Bonchev–Trinajstić information content (AvgIpc) is 3.23. The van der Waals surface area contributed by atoms with Gasteiger partial charge >= 0.3 is 0 Å². The van der Waals surface area contributed by atoms with Gasteiger partial charge in [0.25, 0.3) is 5.91 Å². The van der Waals surface area contributed by atoms with E-state index in [9.17, 15) is 14.7 Å². The van der Waals surface area contributed by atoms with E-state index in [1.165, 1.54) is 12.1 Å². The van der Waals surface area contributed by atoms with Gasteiger partial charge in [-0.15, -0.1) is 0 Å². The molecule has 1 saturated carbocycles. The molecule has 0 aromatic heterocycles. The van der Waals surface area contributed by atoms with Gasteiger partial charge in [-0.05, 0) is 44.7 Å². The van der Waals surface area contributed by atoms with Crippen LogP contribution in [0.25, 0.3) is 0 Å². The molecule has 1 aromatic rings. The molecular formula is C17H21ClN2O4. The minimum absolute atomic E-state index is 0.0579. The molecule has 130 valence electrons. The van der Waals surface area contributed by atoms with Crippen LogP contribution in [-0.2, 0) is 4.79 Å². The number of nitrogens with zero attached hydrogens (tertiary/aromatic N) is 1. The molecule has 24 heavy (non-hydrogen) atoms. The van der Waals surface area contributed by atoms with E-state index < -0.39 is 6.04 Å². The zero-order chi connectivity index (χ0) is 17.3. The Kier molecular flexibility index (Phi) is 4.85. The topological polar surface area (TPSA) is 78.9 Å². The van der Waals surface area contributed by atoms with E-state index in [2.05, 4.69) is 5.32 Å². The highest BCUT2D eigenvalue weighted by atomic mass is 35.5. The maximum Gasteiger partial charge on any atom is 0.254 e. The number of nitrogens with one attached hydrogen (secondary N) is 1. The number of aromatic hydroxyl groups is 1. The largest absolute Gasteiger partial charge is 0.503 e. The smallest absolute Gasteiger partial charge is 0.254 e. The summed E-state index contributed by atoms with van der Waals surface area (Å²) in [5, 5.41) is 12.9. The molecule has 2 N–H and O–H groups in total. The standard InChI is InChI=1S/C17H21ClN2O4/c1-2-24-14-9-10(8-12(18)15(14)21)17(23)20-7-3-4-13(20)16(22)19-11-5-6-11/h8-9,11,13,21H,2-7H2,1H3,(H,19,22). The van der Waals surface area contributed by atoms with Crippen LogP contribution in [0.5, 0.6) is 11.5 Å². The second kappa shape index (κ2) is 6.89. The molecule has 1 saturated heterocycles. The molecule has 1 atom stereocenters. The Morgan fingerprint density at radius 3 is 2.79 bits per heavy atom. The second-order valence-corrected chi connectivity index (χ2v) is 6.58. The number of benzene rings is 1. The first-order valence-electron chi connectivity index (χ1n) is 8.28. The third-order valence-corrected chi connectivity index (χ3v) is 4.60. The first kappa shape index (κ1) is 16.9. The Morgan fingerprint density at radius 2 is 2.12 bits per heavy atom. The molecule has 2 amide bonds. The fraction of sp³-hybridized carbons (Fsp3) is 0.529. The monoisotopic (exact) mass is 352 g/mol. The third-order valence-electron chi connectivity index (χ3n) is 4.32. The number of likely N-dealkylation sites (tertiary alicyclic amines) is 1. The van der Waals surface area contributed by atoms with E-state index in [1.54, 1.807) is 11.8 Å². The quantitative estimate of drug-likeness (QED) is 0.852. The number of rotatable bonds is 5. The fourth-order valence-corrected chi connectivity index (χ4v) is 3.15. The summed E-state index contributed by atoms with van der Waals surface area (Å²) in [6, 6.07) is 2.71. The van der Waals surface area contributed by atoms with Gasteiger partial charge in [0, 0.05) is 18.2 Å². The molecule has 1 heterocycles. The van der Waals surface area contributed by atoms with Gasteiger partial charge in [0.1, 0.15) is 6.04 Å². The van der Waals surface area contributed by atoms with E-state index in [0.29, 0.717) is 25.1 Å². The van der Waals surface area contributed by atoms with Gasteiger partial charge in [0.15, 0.2) is 11.5 Å². The average molecular weight is 353 g/mol. The second-order valence-electron chi connectivity index (χ2n) is 6.18. The van der Waals surface area contributed by atoms with Crippen molar-refractivity contribution in [3.05, 3.63) is 22.7 Å². The van der Waals surface area contributed by atoms with Gasteiger partial charge in [0.2, 0.25) is 5.91 Å². The normalized spacial score (nSPS) is 20.1. The summed E-state index contributed by atoms with van der Waals surface area (Å²) in [5.74, 6) is -0.365. The molecule has 0 radical (unpaired) electrons. The van der Waals surface area contributed by atoms with Gasteiger partial charge in [-0.1, -0.05) is 11.6 Å². The van der Waals surface area contributed by atoms with Crippen molar-refractivity contribution in [3.63, 3.8) is 0 Å². The molecule has 2 fully saturated rings. The highest BCUT2D eigenvalue weighted by Gasteiger charge is 2.37. The number of hydrogen-bond donors (Lipinski definition) is 2. The van der Waals surface area contributed by atoms with Gasteiger partial charge in [-0.3, -0.25) is 9.59 Å². The van der Waals surface area contributed by atoms with Crippen LogP contribution in [0.2, 0.25) is 5.02 Å². The first-order chi connectivity index (χ1) is 11.5. The summed E-state index contributed by atoms with van der Waals surface area (Å²) in [7, 11) is 0. The Hall–Kier alpha value is -1.95. The minimum atomic E-state index is -0.443. The number of carbonyl (C=O) groups is 2. The third kappa shape index (κ3) is 3.43. The highest BCUT2D eigenvalue weighted by molar-refractivity contribution is 6.32. The number of halogens is 1. The van der Waals surface area contributed by atoms with Crippen molar-refractivity contribution >= 4 is 23.4 Å². The highest BCUT2D eigenvalue weighted by Crippen LogP contribution is 2.36. The van der Waals surface area contributed by atoms with E-state index in [1.807, 2.05) is 0 Å². The molecule has 1 aromatic carbocycles. The molecule has 7 heteroatoms. The van der Waals surface area contributed by atoms with Crippen LogP contribution in [0, 0.1) is 0 Å². The maximum atomic E-state index is 12.8. The lowest BCUT2D eigenvalue weighted by molar-refractivity contribution is -0.125. The zero-order valence-corrected chi connectivity index (χ0v) is 14.3. The first-order valence-corrected chi connectivity index (χ1v) is 8.65. The number of carbonyl (C=O) groups excluding carboxylic acids is 2. The molecule has 3 rings (SSSR count). The lowest BCUT2D eigenvalue weighted by atomic mass is 10.1. The summed E-state index contributed by atoms with van der Waals surface area (Å²) in [5.41, 5.74) is 0.312. The van der Waals surface area contributed by atoms with Crippen LogP contribution in [0.15, 0.2) is 12.1 Å². The number of hydrogen-bond acceptors (Lipinski definition) is 4. The van der Waals surface area contributed by atoms with Crippen molar-refractivity contribution in [1.29, 1.82) is 0 Å². The minimum Gasteiger partial charge on any atom is -0.503 e. The summed E-state index contributed by atoms with van der Waals surface area (Å²) in [6.07, 6.45) is 3.47. The Labute approximate surface area is 145 Å². The molecule has 1 unspecified atom stereocenters. The SMILES string of the molecule is CCOc1cc(C(=O)N2CCCC2C(=O)NC2CC2)cc(Cl)c1O. The summed E-state index contributed by atoms with van der Waals surface area (Å²) in [4.78, 5) is 26.7. The van der Waals surface area contributed by atoms with Crippen LogP contribution in [0.1, 0.15) is 43.0 Å². The zero-order valence-electron chi connectivity index (χ0n) is 13.5. The molecule has 1 aliphatic carbocycles. The lowest BCUT2D eigenvalue weighted by Crippen LogP contribution is -2.46. The number of phenolic OH excluding ortho intramolecular Hbond substituents is 1. The van der Waals surface area contributed by atoms with Crippen LogP contribution in [0.3, 0.4) is 0 Å². The number of phenols is 1. The molecule has 0 bridgehead atoms.